The maximum Gasteiger partial charge on any atom is 0.125 e. The summed E-state index contributed by atoms with van der Waals surface area (Å²) in [4.78, 5) is 11.7. The van der Waals surface area contributed by atoms with Crippen LogP contribution >= 0.6 is 11.6 Å². The minimum absolute atomic E-state index is 0.545. The van der Waals surface area contributed by atoms with E-state index in [1.165, 1.54) is 5.56 Å². The third-order valence-corrected chi connectivity index (χ3v) is 4.07. The molecule has 0 spiro atoms. The first kappa shape index (κ1) is 16.3. The lowest BCUT2D eigenvalue weighted by atomic mass is 10.1. The number of aryl methyl sites for hydroxylation is 2. The van der Waals surface area contributed by atoms with E-state index in [4.69, 9.17) is 17.3 Å². The first-order valence-electron chi connectivity index (χ1n) is 7.82. The third-order valence-electron chi connectivity index (χ3n) is 3.82. The van der Waals surface area contributed by atoms with Gasteiger partial charge >= 0.3 is 0 Å². The Balaban J connectivity index is 1.59. The molecule has 4 nitrogen and oxygen atoms in total. The normalized spacial score (nSPS) is 11.6. The van der Waals surface area contributed by atoms with E-state index in [9.17, 15) is 0 Å². The smallest absolute Gasteiger partial charge is 0.125 e. The predicted molar refractivity (Wildman–Crippen MR) is 98.3 cm³/mol. The number of imidazole rings is 1. The van der Waals surface area contributed by atoms with Crippen LogP contribution in [-0.4, -0.2) is 15.8 Å². The Morgan fingerprint density at radius 2 is 1.71 bits per heavy atom. The number of hydrogen-bond donors (Lipinski definition) is 2. The van der Waals surface area contributed by atoms with Crippen LogP contribution in [0.2, 0.25) is 5.02 Å². The van der Waals surface area contributed by atoms with E-state index in [2.05, 4.69) is 27.1 Å². The second-order valence-corrected chi connectivity index (χ2v) is 6.02. The SMILES string of the molecule is NC(=NCc1ccc(Cl)cc1)c1ccc(CCc2c[nH]cn2)cc1. The van der Waals surface area contributed by atoms with Crippen LogP contribution in [0, 0.1) is 0 Å². The zero-order chi connectivity index (χ0) is 16.8. The molecule has 0 bridgehead atoms. The number of H-pyrrole nitrogens is 1. The summed E-state index contributed by atoms with van der Waals surface area (Å²) in [7, 11) is 0. The van der Waals surface area contributed by atoms with Gasteiger partial charge in [-0.25, -0.2) is 4.98 Å². The molecule has 3 aromatic rings. The number of aliphatic imine (C=N–C) groups is 1. The monoisotopic (exact) mass is 338 g/mol. The van der Waals surface area contributed by atoms with Crippen LogP contribution in [0.15, 0.2) is 66.0 Å². The lowest BCUT2D eigenvalue weighted by molar-refractivity contribution is 0.925. The lowest BCUT2D eigenvalue weighted by Crippen LogP contribution is -2.13. The molecule has 2 aromatic carbocycles. The van der Waals surface area contributed by atoms with Crippen LogP contribution < -0.4 is 5.73 Å². The molecule has 0 radical (unpaired) electrons. The lowest BCUT2D eigenvalue weighted by Gasteiger charge is -2.04. The van der Waals surface area contributed by atoms with E-state index in [0.717, 1.165) is 34.7 Å². The van der Waals surface area contributed by atoms with Crippen molar-refractivity contribution in [1.29, 1.82) is 0 Å². The fraction of sp³-hybridized carbons (Fsp3) is 0.158. The maximum atomic E-state index is 6.08. The van der Waals surface area contributed by atoms with Gasteiger partial charge in [-0.05, 0) is 36.1 Å². The number of nitrogens with two attached hydrogens (primary N) is 1. The van der Waals surface area contributed by atoms with Crippen molar-refractivity contribution in [3.8, 4) is 0 Å². The van der Waals surface area contributed by atoms with Gasteiger partial charge in [0.25, 0.3) is 0 Å². The highest BCUT2D eigenvalue weighted by Gasteiger charge is 2.01. The highest BCUT2D eigenvalue weighted by molar-refractivity contribution is 6.30. The molecule has 24 heavy (non-hydrogen) atoms. The highest BCUT2D eigenvalue weighted by Crippen LogP contribution is 2.11. The number of rotatable bonds is 6. The summed E-state index contributed by atoms with van der Waals surface area (Å²) in [5.41, 5.74) is 10.4. The Bertz CT molecular complexity index is 790. The van der Waals surface area contributed by atoms with Crippen molar-refractivity contribution in [2.45, 2.75) is 19.4 Å². The summed E-state index contributed by atoms with van der Waals surface area (Å²) in [6.07, 6.45) is 5.50. The summed E-state index contributed by atoms with van der Waals surface area (Å²) in [6, 6.07) is 15.8. The molecule has 3 N–H and O–H groups in total. The molecule has 0 aliphatic rings. The number of aromatic amines is 1. The van der Waals surface area contributed by atoms with Gasteiger partial charge in [0, 0.05) is 16.8 Å². The number of amidine groups is 1. The summed E-state index contributed by atoms with van der Waals surface area (Å²) < 4.78 is 0. The zero-order valence-corrected chi connectivity index (χ0v) is 14.0. The summed E-state index contributed by atoms with van der Waals surface area (Å²) in [6.45, 7) is 0.546. The topological polar surface area (TPSA) is 67.1 Å². The second-order valence-electron chi connectivity index (χ2n) is 5.59. The number of nitrogens with zero attached hydrogens (tertiary/aromatic N) is 2. The summed E-state index contributed by atoms with van der Waals surface area (Å²) in [5, 5.41) is 0.723. The van der Waals surface area contributed by atoms with Gasteiger partial charge in [0.05, 0.1) is 18.6 Å². The van der Waals surface area contributed by atoms with Crippen LogP contribution in [-0.2, 0) is 19.4 Å². The Kier molecular flexibility index (Phi) is 5.29. The van der Waals surface area contributed by atoms with Gasteiger partial charge in [0.15, 0.2) is 0 Å². The van der Waals surface area contributed by atoms with Crippen molar-refractivity contribution in [1.82, 2.24) is 9.97 Å². The van der Waals surface area contributed by atoms with Gasteiger partial charge in [-0.3, -0.25) is 4.99 Å². The standard InChI is InChI=1S/C19H19ClN4/c20-17-8-3-15(4-9-17)11-23-19(21)16-6-1-14(2-7-16)5-10-18-12-22-13-24-18/h1-4,6-9,12-13H,5,10-11H2,(H2,21,23)(H,22,24). The Morgan fingerprint density at radius 1 is 1.00 bits per heavy atom. The first-order valence-corrected chi connectivity index (χ1v) is 8.20. The molecule has 5 heteroatoms. The van der Waals surface area contributed by atoms with Crippen LogP contribution in [0.3, 0.4) is 0 Å². The molecule has 0 saturated heterocycles. The fourth-order valence-corrected chi connectivity index (χ4v) is 2.53. The third kappa shape index (κ3) is 4.46. The first-order chi connectivity index (χ1) is 11.7. The predicted octanol–water partition coefficient (Wildman–Crippen LogP) is 3.75. The fourth-order valence-electron chi connectivity index (χ4n) is 2.40. The number of halogens is 1. The van der Waals surface area contributed by atoms with Gasteiger partial charge in [-0.1, -0.05) is 48.0 Å². The molecule has 1 aromatic heterocycles. The Labute approximate surface area is 146 Å². The summed E-state index contributed by atoms with van der Waals surface area (Å²) >= 11 is 5.88. The quantitative estimate of drug-likeness (QED) is 0.531. The second kappa shape index (κ2) is 7.79. The van der Waals surface area contributed by atoms with Gasteiger partial charge < -0.3 is 10.7 Å². The van der Waals surface area contributed by atoms with Gasteiger partial charge in [0.2, 0.25) is 0 Å². The summed E-state index contributed by atoms with van der Waals surface area (Å²) in [5.74, 6) is 0.545. The molecule has 0 unspecified atom stereocenters. The van der Waals surface area contributed by atoms with Crippen LogP contribution in [0.5, 0.6) is 0 Å². The van der Waals surface area contributed by atoms with Crippen LogP contribution in [0.1, 0.15) is 22.4 Å². The molecule has 3 rings (SSSR count). The van der Waals surface area contributed by atoms with E-state index >= 15 is 0 Å². The van der Waals surface area contributed by atoms with E-state index < -0.39 is 0 Å². The molecule has 0 fully saturated rings. The number of aromatic nitrogens is 2. The van der Waals surface area contributed by atoms with Crippen molar-refractivity contribution in [3.05, 3.63) is 88.5 Å². The molecule has 0 amide bonds. The van der Waals surface area contributed by atoms with E-state index in [1.807, 2.05) is 42.6 Å². The minimum atomic E-state index is 0.545. The maximum absolute atomic E-state index is 6.08. The molecule has 0 atom stereocenters. The number of benzene rings is 2. The van der Waals surface area contributed by atoms with E-state index in [1.54, 1.807) is 6.33 Å². The largest absolute Gasteiger partial charge is 0.383 e. The Morgan fingerprint density at radius 3 is 2.38 bits per heavy atom. The van der Waals surface area contributed by atoms with Crippen LogP contribution in [0.25, 0.3) is 0 Å². The van der Waals surface area contributed by atoms with Crippen molar-refractivity contribution < 1.29 is 0 Å². The van der Waals surface area contributed by atoms with Crippen molar-refractivity contribution in [2.24, 2.45) is 10.7 Å². The average Bonchev–Trinajstić information content (AvgIpc) is 3.13. The van der Waals surface area contributed by atoms with Gasteiger partial charge in [-0.2, -0.15) is 0 Å². The minimum Gasteiger partial charge on any atom is -0.383 e. The molecule has 0 saturated carbocycles. The average molecular weight is 339 g/mol. The molecule has 122 valence electrons. The van der Waals surface area contributed by atoms with E-state index in [0.29, 0.717) is 12.4 Å². The zero-order valence-electron chi connectivity index (χ0n) is 13.2. The Hall–Kier alpha value is -2.59. The van der Waals surface area contributed by atoms with Crippen molar-refractivity contribution in [3.63, 3.8) is 0 Å². The molecular formula is C19H19ClN4. The molecule has 0 aliphatic carbocycles. The molecular weight excluding hydrogens is 320 g/mol. The van der Waals surface area contributed by atoms with E-state index in [-0.39, 0.29) is 0 Å². The molecule has 1 heterocycles. The number of hydrogen-bond acceptors (Lipinski definition) is 2. The van der Waals surface area contributed by atoms with Crippen LogP contribution in [0.4, 0.5) is 0 Å². The van der Waals surface area contributed by atoms with Gasteiger partial charge in [-0.15, -0.1) is 0 Å². The molecule has 0 aliphatic heterocycles. The van der Waals surface area contributed by atoms with Crippen molar-refractivity contribution in [2.75, 3.05) is 0 Å². The highest BCUT2D eigenvalue weighted by atomic mass is 35.5. The van der Waals surface area contributed by atoms with Crippen molar-refractivity contribution >= 4 is 17.4 Å². The van der Waals surface area contributed by atoms with Gasteiger partial charge in [0.1, 0.15) is 5.84 Å². The number of nitrogens with one attached hydrogen (secondary N) is 1.